The lowest BCUT2D eigenvalue weighted by Crippen LogP contribution is -2.50. The minimum absolute atomic E-state index is 0.265. The van der Waals surface area contributed by atoms with Gasteiger partial charge in [0.15, 0.2) is 5.54 Å². The number of rotatable bonds is 7. The summed E-state index contributed by atoms with van der Waals surface area (Å²) < 4.78 is 32.8. The zero-order chi connectivity index (χ0) is 22.6. The number of nitrogens with zero attached hydrogens (tertiary/aromatic N) is 1. The zero-order valence-electron chi connectivity index (χ0n) is 17.1. The van der Waals surface area contributed by atoms with E-state index in [1.54, 1.807) is 47.4 Å². The van der Waals surface area contributed by atoms with E-state index in [0.29, 0.717) is 5.75 Å². The summed E-state index contributed by atoms with van der Waals surface area (Å²) in [4.78, 5) is 30.5. The number of carbonyl (C=O) groups is 2. The van der Waals surface area contributed by atoms with Gasteiger partial charge in [0.1, 0.15) is 11.6 Å². The van der Waals surface area contributed by atoms with E-state index in [0.717, 1.165) is 40.9 Å². The van der Waals surface area contributed by atoms with Crippen LogP contribution in [-0.2, 0) is 20.8 Å². The fourth-order valence-corrected chi connectivity index (χ4v) is 4.46. The van der Waals surface area contributed by atoms with Gasteiger partial charge in [-0.15, -0.1) is 23.1 Å². The van der Waals surface area contributed by atoms with Crippen molar-refractivity contribution < 1.29 is 23.1 Å². The highest BCUT2D eigenvalue weighted by molar-refractivity contribution is 7.98. The van der Waals surface area contributed by atoms with Gasteiger partial charge in [0.2, 0.25) is 0 Å². The molecule has 1 amide bonds. The molecule has 0 aliphatic rings. The van der Waals surface area contributed by atoms with Crippen molar-refractivity contribution in [2.24, 2.45) is 0 Å². The number of aromatic nitrogens is 1. The molecular formula is C22H20F2N2O3S2. The number of thiazole rings is 1. The van der Waals surface area contributed by atoms with Gasteiger partial charge in [0.05, 0.1) is 17.8 Å². The van der Waals surface area contributed by atoms with Gasteiger partial charge in [-0.1, -0.05) is 0 Å². The second-order valence-electron chi connectivity index (χ2n) is 6.87. The van der Waals surface area contributed by atoms with E-state index in [-0.39, 0.29) is 11.1 Å². The molecule has 0 aliphatic carbocycles. The second kappa shape index (κ2) is 9.57. The Labute approximate surface area is 186 Å². The Kier molecular flexibility index (Phi) is 7.07. The number of hydrogen-bond acceptors (Lipinski definition) is 6. The number of hydrogen-bond donors (Lipinski definition) is 1. The van der Waals surface area contributed by atoms with Crippen LogP contribution in [0.15, 0.2) is 52.7 Å². The van der Waals surface area contributed by atoms with Crippen molar-refractivity contribution in [2.45, 2.75) is 30.0 Å². The average Bonchev–Trinajstić information content (AvgIpc) is 3.18. The minimum atomic E-state index is -1.91. The molecule has 9 heteroatoms. The molecule has 0 spiro atoms. The van der Waals surface area contributed by atoms with Crippen molar-refractivity contribution in [3.63, 3.8) is 0 Å². The summed E-state index contributed by atoms with van der Waals surface area (Å²) in [6, 6.07) is 9.45. The number of nitrogens with one attached hydrogen (secondary N) is 1. The Morgan fingerprint density at radius 1 is 1.19 bits per heavy atom. The number of amides is 1. The van der Waals surface area contributed by atoms with Crippen molar-refractivity contribution in [1.29, 1.82) is 0 Å². The molecule has 2 aromatic carbocycles. The molecule has 0 saturated carbocycles. The number of halogens is 2. The lowest BCUT2D eigenvalue weighted by atomic mass is 9.90. The van der Waals surface area contributed by atoms with E-state index in [1.165, 1.54) is 6.92 Å². The third-order valence-corrected chi connectivity index (χ3v) is 6.46. The van der Waals surface area contributed by atoms with Gasteiger partial charge in [0, 0.05) is 27.2 Å². The second-order valence-corrected chi connectivity index (χ2v) is 8.98. The van der Waals surface area contributed by atoms with Crippen LogP contribution in [0.3, 0.4) is 0 Å². The van der Waals surface area contributed by atoms with Crippen molar-refractivity contribution >= 4 is 35.0 Å². The fourth-order valence-electron chi connectivity index (χ4n) is 2.95. The quantitative estimate of drug-likeness (QED) is 0.402. The van der Waals surface area contributed by atoms with Crippen LogP contribution >= 0.6 is 23.1 Å². The molecule has 1 heterocycles. The maximum absolute atomic E-state index is 14.4. The molecule has 0 radical (unpaired) electrons. The monoisotopic (exact) mass is 462 g/mol. The third kappa shape index (κ3) is 5.29. The first-order valence-corrected chi connectivity index (χ1v) is 11.1. The van der Waals surface area contributed by atoms with Crippen LogP contribution in [0.25, 0.3) is 0 Å². The van der Waals surface area contributed by atoms with Crippen molar-refractivity contribution in [2.75, 3.05) is 7.11 Å². The summed E-state index contributed by atoms with van der Waals surface area (Å²) in [6.45, 7) is 3.22. The fraction of sp³-hybridized carbons (Fsp3) is 0.227. The number of aryl methyl sites for hydroxylation is 1. The van der Waals surface area contributed by atoms with E-state index < -0.39 is 29.0 Å². The average molecular weight is 463 g/mol. The minimum Gasteiger partial charge on any atom is -0.467 e. The van der Waals surface area contributed by atoms with Crippen LogP contribution in [0.5, 0.6) is 0 Å². The Morgan fingerprint density at radius 2 is 1.90 bits per heavy atom. The molecule has 0 saturated heterocycles. The van der Waals surface area contributed by atoms with Crippen molar-refractivity contribution in [3.8, 4) is 0 Å². The van der Waals surface area contributed by atoms with E-state index in [2.05, 4.69) is 10.3 Å². The molecule has 0 bridgehead atoms. The van der Waals surface area contributed by atoms with Gasteiger partial charge in [0.25, 0.3) is 5.91 Å². The third-order valence-electron chi connectivity index (χ3n) is 4.59. The lowest BCUT2D eigenvalue weighted by Gasteiger charge is -2.29. The van der Waals surface area contributed by atoms with Crippen LogP contribution in [0.2, 0.25) is 0 Å². The highest BCUT2D eigenvalue weighted by Gasteiger charge is 2.40. The van der Waals surface area contributed by atoms with Crippen LogP contribution in [0.4, 0.5) is 8.78 Å². The van der Waals surface area contributed by atoms with Crippen LogP contribution in [0.1, 0.15) is 33.5 Å². The number of esters is 1. The zero-order valence-corrected chi connectivity index (χ0v) is 18.7. The molecule has 1 N–H and O–H groups in total. The first-order chi connectivity index (χ1) is 14.7. The number of benzene rings is 2. The van der Waals surface area contributed by atoms with Crippen LogP contribution < -0.4 is 5.32 Å². The summed E-state index contributed by atoms with van der Waals surface area (Å²) in [5, 5.41) is 5.50. The Balaban J connectivity index is 1.77. The lowest BCUT2D eigenvalue weighted by molar-refractivity contribution is -0.148. The van der Waals surface area contributed by atoms with Gasteiger partial charge in [-0.3, -0.25) is 4.79 Å². The summed E-state index contributed by atoms with van der Waals surface area (Å²) in [5.74, 6) is -2.41. The Bertz CT molecular complexity index is 1100. The van der Waals surface area contributed by atoms with Crippen molar-refractivity contribution in [3.05, 3.63) is 81.3 Å². The summed E-state index contributed by atoms with van der Waals surface area (Å²) in [5.41, 5.74) is -0.979. The molecule has 162 valence electrons. The van der Waals surface area contributed by atoms with Crippen LogP contribution in [-0.4, -0.2) is 24.0 Å². The number of thioether (sulfide) groups is 1. The van der Waals surface area contributed by atoms with Gasteiger partial charge in [-0.05, 0) is 56.3 Å². The van der Waals surface area contributed by atoms with Gasteiger partial charge < -0.3 is 10.1 Å². The highest BCUT2D eigenvalue weighted by atomic mass is 32.2. The normalized spacial score (nSPS) is 12.8. The van der Waals surface area contributed by atoms with E-state index in [1.807, 2.05) is 12.3 Å². The van der Waals surface area contributed by atoms with E-state index >= 15 is 0 Å². The Hall–Kier alpha value is -2.78. The maximum Gasteiger partial charge on any atom is 0.336 e. The number of carbonyl (C=O) groups excluding carboxylic acids is 2. The van der Waals surface area contributed by atoms with Gasteiger partial charge in [-0.25, -0.2) is 18.6 Å². The van der Waals surface area contributed by atoms with E-state index in [9.17, 15) is 18.4 Å². The van der Waals surface area contributed by atoms with Crippen LogP contribution in [0, 0.1) is 18.6 Å². The molecule has 3 rings (SSSR count). The van der Waals surface area contributed by atoms with Gasteiger partial charge >= 0.3 is 5.97 Å². The van der Waals surface area contributed by atoms with Gasteiger partial charge in [-0.2, -0.15) is 0 Å². The molecule has 31 heavy (non-hydrogen) atoms. The molecular weight excluding hydrogens is 442 g/mol. The molecule has 1 unspecified atom stereocenters. The molecule has 1 aromatic heterocycles. The molecule has 1 atom stereocenters. The highest BCUT2D eigenvalue weighted by Crippen LogP contribution is 2.28. The number of methoxy groups -OCH3 is 1. The SMILES string of the molecule is COC(=O)C(C)(NC(=O)c1ccc(SCc2csc(C)n2)cc1)c1cc(F)ccc1F. The maximum atomic E-state index is 14.4. The predicted octanol–water partition coefficient (Wildman–Crippen LogP) is 4.84. The topological polar surface area (TPSA) is 68.3 Å². The number of ether oxygens (including phenoxy) is 1. The largest absolute Gasteiger partial charge is 0.467 e. The Morgan fingerprint density at radius 3 is 2.52 bits per heavy atom. The van der Waals surface area contributed by atoms with Crippen molar-refractivity contribution in [1.82, 2.24) is 10.3 Å². The standard InChI is InChI=1S/C22H20F2N2O3S2/c1-13-25-16(11-30-13)12-31-17-7-4-14(5-8-17)20(27)26-22(2,21(28)29-3)18-10-15(23)6-9-19(18)24/h4-11H,12H2,1-3H3,(H,26,27). The molecule has 0 fully saturated rings. The molecule has 0 aliphatic heterocycles. The van der Waals surface area contributed by atoms with E-state index in [4.69, 9.17) is 4.74 Å². The first-order valence-electron chi connectivity index (χ1n) is 9.23. The smallest absolute Gasteiger partial charge is 0.336 e. The summed E-state index contributed by atoms with van der Waals surface area (Å²) >= 11 is 3.17. The summed E-state index contributed by atoms with van der Waals surface area (Å²) in [6.07, 6.45) is 0. The molecule has 3 aromatic rings. The summed E-state index contributed by atoms with van der Waals surface area (Å²) in [7, 11) is 1.11. The first kappa shape index (κ1) is 22.9. The predicted molar refractivity (Wildman–Crippen MR) is 116 cm³/mol. The molecule has 5 nitrogen and oxygen atoms in total.